The predicted molar refractivity (Wildman–Crippen MR) is 80.0 cm³/mol. The Morgan fingerprint density at radius 2 is 1.95 bits per heavy atom. The van der Waals surface area contributed by atoms with Gasteiger partial charge in [0.2, 0.25) is 5.76 Å². The molecule has 0 unspecified atom stereocenters. The summed E-state index contributed by atoms with van der Waals surface area (Å²) in [6, 6.07) is 7.84. The van der Waals surface area contributed by atoms with Gasteiger partial charge in [0.15, 0.2) is 0 Å². The summed E-state index contributed by atoms with van der Waals surface area (Å²) in [5, 5.41) is 8.97. The van der Waals surface area contributed by atoms with Gasteiger partial charge in [-0.25, -0.2) is 4.79 Å². The molecule has 0 atom stereocenters. The van der Waals surface area contributed by atoms with Gasteiger partial charge in [-0.2, -0.15) is 0 Å². The molecule has 0 saturated carbocycles. The second-order valence-corrected chi connectivity index (χ2v) is 5.50. The Balaban J connectivity index is 2.14. The molecule has 4 heteroatoms. The molecule has 0 radical (unpaired) electrons. The lowest BCUT2D eigenvalue weighted by atomic mass is 10.0. The molecule has 1 heterocycles. The van der Waals surface area contributed by atoms with Crippen LogP contribution in [0.15, 0.2) is 28.7 Å². The van der Waals surface area contributed by atoms with Crippen LogP contribution in [0.3, 0.4) is 0 Å². The Kier molecular flexibility index (Phi) is 4.36. The number of hydrogen-bond acceptors (Lipinski definition) is 3. The van der Waals surface area contributed by atoms with E-state index < -0.39 is 5.97 Å². The topological polar surface area (TPSA) is 59.7 Å². The van der Waals surface area contributed by atoms with Gasteiger partial charge in [0.05, 0.1) is 0 Å². The average Bonchev–Trinajstić information content (AvgIpc) is 2.79. The Morgan fingerprint density at radius 1 is 1.24 bits per heavy atom. The molecule has 0 aliphatic rings. The van der Waals surface area contributed by atoms with Crippen molar-refractivity contribution < 1.29 is 19.1 Å². The van der Waals surface area contributed by atoms with Gasteiger partial charge < -0.3 is 14.3 Å². The molecule has 2 aromatic rings. The van der Waals surface area contributed by atoms with Gasteiger partial charge in [-0.1, -0.05) is 26.0 Å². The lowest BCUT2D eigenvalue weighted by Gasteiger charge is -2.12. The van der Waals surface area contributed by atoms with Crippen LogP contribution in [0.2, 0.25) is 0 Å². The molecule has 0 amide bonds. The molecule has 0 fully saturated rings. The van der Waals surface area contributed by atoms with Crippen LogP contribution < -0.4 is 4.74 Å². The molecule has 0 aliphatic heterocycles. The van der Waals surface area contributed by atoms with E-state index >= 15 is 0 Å². The molecule has 2 rings (SSSR count). The van der Waals surface area contributed by atoms with Gasteiger partial charge in [-0.15, -0.1) is 0 Å². The van der Waals surface area contributed by atoms with Gasteiger partial charge >= 0.3 is 5.97 Å². The van der Waals surface area contributed by atoms with Crippen molar-refractivity contribution in [3.8, 4) is 5.75 Å². The maximum atomic E-state index is 10.9. The first-order chi connectivity index (χ1) is 9.88. The smallest absolute Gasteiger partial charge is 0.372 e. The van der Waals surface area contributed by atoms with E-state index in [1.54, 1.807) is 13.0 Å². The van der Waals surface area contributed by atoms with Crippen LogP contribution in [0.1, 0.15) is 52.8 Å². The summed E-state index contributed by atoms with van der Waals surface area (Å²) in [7, 11) is 0. The van der Waals surface area contributed by atoms with Crippen molar-refractivity contribution in [1.82, 2.24) is 0 Å². The highest BCUT2D eigenvalue weighted by molar-refractivity contribution is 5.86. The second-order valence-electron chi connectivity index (χ2n) is 5.50. The number of aryl methyl sites for hydroxylation is 2. The van der Waals surface area contributed by atoms with Crippen molar-refractivity contribution in [2.75, 3.05) is 0 Å². The van der Waals surface area contributed by atoms with Crippen LogP contribution in [0.25, 0.3) is 0 Å². The molecule has 1 aromatic carbocycles. The lowest BCUT2D eigenvalue weighted by molar-refractivity contribution is 0.0657. The number of aromatic carboxylic acids is 1. The van der Waals surface area contributed by atoms with Crippen molar-refractivity contribution in [2.24, 2.45) is 0 Å². The Morgan fingerprint density at radius 3 is 2.52 bits per heavy atom. The number of benzene rings is 1. The lowest BCUT2D eigenvalue weighted by Crippen LogP contribution is -1.98. The Hall–Kier alpha value is -2.23. The fourth-order valence-electron chi connectivity index (χ4n) is 2.11. The molecule has 4 nitrogen and oxygen atoms in total. The molecule has 21 heavy (non-hydrogen) atoms. The van der Waals surface area contributed by atoms with E-state index in [0.29, 0.717) is 17.2 Å². The Bertz CT molecular complexity index is 653. The van der Waals surface area contributed by atoms with Crippen LogP contribution in [0, 0.1) is 13.8 Å². The summed E-state index contributed by atoms with van der Waals surface area (Å²) in [4.78, 5) is 10.9. The highest BCUT2D eigenvalue weighted by atomic mass is 16.5. The normalized spacial score (nSPS) is 10.9. The largest absolute Gasteiger partial charge is 0.485 e. The van der Waals surface area contributed by atoms with Gasteiger partial charge in [0, 0.05) is 5.56 Å². The molecule has 0 saturated heterocycles. The minimum absolute atomic E-state index is 0.0266. The van der Waals surface area contributed by atoms with Gasteiger partial charge in [-0.05, 0) is 43.0 Å². The van der Waals surface area contributed by atoms with Crippen molar-refractivity contribution in [3.05, 3.63) is 52.5 Å². The number of furan rings is 1. The summed E-state index contributed by atoms with van der Waals surface area (Å²) in [6.45, 7) is 8.17. The summed E-state index contributed by atoms with van der Waals surface area (Å²) in [5.41, 5.74) is 2.85. The zero-order valence-corrected chi connectivity index (χ0v) is 12.8. The van der Waals surface area contributed by atoms with E-state index in [1.165, 1.54) is 5.56 Å². The van der Waals surface area contributed by atoms with Crippen LogP contribution >= 0.6 is 0 Å². The van der Waals surface area contributed by atoms with E-state index in [2.05, 4.69) is 19.9 Å². The maximum Gasteiger partial charge on any atom is 0.372 e. The average molecular weight is 288 g/mol. The van der Waals surface area contributed by atoms with E-state index in [9.17, 15) is 4.79 Å². The number of rotatable bonds is 5. The zero-order chi connectivity index (χ0) is 15.6. The molecule has 0 aliphatic carbocycles. The van der Waals surface area contributed by atoms with Crippen molar-refractivity contribution in [2.45, 2.75) is 40.2 Å². The van der Waals surface area contributed by atoms with Gasteiger partial charge in [0.25, 0.3) is 0 Å². The highest BCUT2D eigenvalue weighted by Crippen LogP contribution is 2.25. The fraction of sp³-hybridized carbons (Fsp3) is 0.353. The van der Waals surface area contributed by atoms with E-state index in [4.69, 9.17) is 14.3 Å². The quantitative estimate of drug-likeness (QED) is 0.891. The van der Waals surface area contributed by atoms with Crippen molar-refractivity contribution in [1.29, 1.82) is 0 Å². The van der Waals surface area contributed by atoms with Crippen molar-refractivity contribution >= 4 is 5.97 Å². The first kappa shape index (κ1) is 15.2. The first-order valence-electron chi connectivity index (χ1n) is 6.94. The van der Waals surface area contributed by atoms with E-state index in [-0.39, 0.29) is 12.4 Å². The number of carboxylic acid groups (broad SMARTS) is 1. The number of hydrogen-bond donors (Lipinski definition) is 1. The molecule has 0 spiro atoms. The molecule has 1 N–H and O–H groups in total. The second kappa shape index (κ2) is 6.04. The number of carboxylic acids is 1. The minimum Gasteiger partial charge on any atom is -0.485 e. The third-order valence-corrected chi connectivity index (χ3v) is 3.41. The molecule has 0 bridgehead atoms. The SMILES string of the molecule is Cc1ccc(C(C)C)cc1OCc1cc(C)c(C(=O)O)o1. The predicted octanol–water partition coefficient (Wildman–Crippen LogP) is 4.30. The molecular weight excluding hydrogens is 268 g/mol. The highest BCUT2D eigenvalue weighted by Gasteiger charge is 2.15. The van der Waals surface area contributed by atoms with Crippen molar-refractivity contribution in [3.63, 3.8) is 0 Å². The number of carbonyl (C=O) groups is 1. The standard InChI is InChI=1S/C17H20O4/c1-10(2)13-6-5-11(3)15(8-13)20-9-14-7-12(4)16(21-14)17(18)19/h5-8,10H,9H2,1-4H3,(H,18,19). The summed E-state index contributed by atoms with van der Waals surface area (Å²) >= 11 is 0. The van der Waals surface area contributed by atoms with Crippen LogP contribution in [0.4, 0.5) is 0 Å². The Labute approximate surface area is 124 Å². The van der Waals surface area contributed by atoms with Crippen LogP contribution in [-0.2, 0) is 6.61 Å². The first-order valence-corrected chi connectivity index (χ1v) is 6.94. The van der Waals surface area contributed by atoms with Gasteiger partial charge in [0.1, 0.15) is 18.1 Å². The number of ether oxygens (including phenoxy) is 1. The van der Waals surface area contributed by atoms with E-state index in [1.807, 2.05) is 19.1 Å². The fourth-order valence-corrected chi connectivity index (χ4v) is 2.11. The summed E-state index contributed by atoms with van der Waals surface area (Å²) in [5.74, 6) is 0.654. The van der Waals surface area contributed by atoms with E-state index in [0.717, 1.165) is 11.3 Å². The minimum atomic E-state index is -1.06. The summed E-state index contributed by atoms with van der Waals surface area (Å²) in [6.07, 6.45) is 0. The molecule has 112 valence electrons. The molecular formula is C17H20O4. The van der Waals surface area contributed by atoms with Crippen LogP contribution in [-0.4, -0.2) is 11.1 Å². The maximum absolute atomic E-state index is 10.9. The molecule has 1 aromatic heterocycles. The third-order valence-electron chi connectivity index (χ3n) is 3.41. The van der Waals surface area contributed by atoms with Crippen LogP contribution in [0.5, 0.6) is 5.75 Å². The third kappa shape index (κ3) is 3.45. The summed E-state index contributed by atoms with van der Waals surface area (Å²) < 4.78 is 11.1. The van der Waals surface area contributed by atoms with Gasteiger partial charge in [-0.3, -0.25) is 0 Å². The zero-order valence-electron chi connectivity index (χ0n) is 12.8. The monoisotopic (exact) mass is 288 g/mol.